The molecule has 0 spiro atoms. The Bertz CT molecular complexity index is 730. The van der Waals surface area contributed by atoms with E-state index in [2.05, 4.69) is 27.5 Å². The summed E-state index contributed by atoms with van der Waals surface area (Å²) in [5, 5.41) is 5.58. The molecule has 5 nitrogen and oxygen atoms in total. The zero-order valence-electron chi connectivity index (χ0n) is 13.9. The molecular formula is C17H19F3N4O. The predicted octanol–water partition coefficient (Wildman–Crippen LogP) is 4.27. The van der Waals surface area contributed by atoms with E-state index in [1.807, 2.05) is 0 Å². The lowest BCUT2D eigenvalue weighted by Crippen LogP contribution is -2.16. The van der Waals surface area contributed by atoms with Gasteiger partial charge in [-0.25, -0.2) is 9.97 Å². The average molecular weight is 352 g/mol. The number of amides is 1. The van der Waals surface area contributed by atoms with Crippen LogP contribution in [0.2, 0.25) is 0 Å². The maximum atomic E-state index is 12.6. The number of carbonyl (C=O) groups excluding carboxylic acids is 1. The number of unbranched alkanes of at least 4 members (excludes halogenated alkanes) is 1. The van der Waals surface area contributed by atoms with Crippen molar-refractivity contribution in [2.75, 3.05) is 17.2 Å². The van der Waals surface area contributed by atoms with Crippen LogP contribution in [0.1, 0.15) is 41.5 Å². The molecule has 2 rings (SSSR count). The molecule has 0 radical (unpaired) electrons. The van der Waals surface area contributed by atoms with Crippen molar-refractivity contribution in [3.63, 3.8) is 0 Å². The van der Waals surface area contributed by atoms with Crippen molar-refractivity contribution in [3.8, 4) is 0 Å². The molecule has 1 heterocycles. The highest BCUT2D eigenvalue weighted by Crippen LogP contribution is 2.29. The maximum absolute atomic E-state index is 12.6. The lowest BCUT2D eigenvalue weighted by atomic mass is 10.2. The molecule has 1 amide bonds. The number of nitrogens with one attached hydrogen (secondary N) is 2. The number of rotatable bonds is 6. The first-order valence-corrected chi connectivity index (χ1v) is 7.87. The Hall–Kier alpha value is -2.64. The molecule has 0 atom stereocenters. The molecule has 0 aliphatic heterocycles. The largest absolute Gasteiger partial charge is 0.416 e. The molecule has 25 heavy (non-hydrogen) atoms. The smallest absolute Gasteiger partial charge is 0.354 e. The normalized spacial score (nSPS) is 11.2. The van der Waals surface area contributed by atoms with Gasteiger partial charge in [0.25, 0.3) is 5.91 Å². The highest BCUT2D eigenvalue weighted by atomic mass is 19.4. The van der Waals surface area contributed by atoms with Gasteiger partial charge in [-0.1, -0.05) is 13.3 Å². The van der Waals surface area contributed by atoms with Gasteiger partial charge in [-0.3, -0.25) is 4.79 Å². The number of alkyl halides is 3. The molecule has 0 fully saturated rings. The standard InChI is InChI=1S/C17H19F3N4O/c1-3-4-9-21-16-22-11(2)10-14(24-16)15(25)23-13-7-5-12(6-8-13)17(18,19)20/h5-8,10H,3-4,9H2,1-2H3,(H,23,25)(H,21,22,24). The van der Waals surface area contributed by atoms with E-state index in [9.17, 15) is 18.0 Å². The molecule has 0 aliphatic carbocycles. The molecule has 2 aromatic rings. The lowest BCUT2D eigenvalue weighted by molar-refractivity contribution is -0.137. The Kier molecular flexibility index (Phi) is 5.95. The fraction of sp³-hybridized carbons (Fsp3) is 0.353. The molecule has 0 bridgehead atoms. The van der Waals surface area contributed by atoms with E-state index in [-0.39, 0.29) is 11.4 Å². The molecule has 1 aromatic carbocycles. The van der Waals surface area contributed by atoms with E-state index in [1.54, 1.807) is 6.92 Å². The molecule has 2 N–H and O–H groups in total. The van der Waals surface area contributed by atoms with Gasteiger partial charge < -0.3 is 10.6 Å². The number of anilines is 2. The highest BCUT2D eigenvalue weighted by Gasteiger charge is 2.30. The van der Waals surface area contributed by atoms with Gasteiger partial charge in [-0.2, -0.15) is 13.2 Å². The van der Waals surface area contributed by atoms with Gasteiger partial charge in [0.05, 0.1) is 5.56 Å². The van der Waals surface area contributed by atoms with Crippen molar-refractivity contribution in [3.05, 3.63) is 47.3 Å². The third-order valence-electron chi connectivity index (χ3n) is 3.37. The zero-order chi connectivity index (χ0) is 18.4. The minimum Gasteiger partial charge on any atom is -0.354 e. The lowest BCUT2D eigenvalue weighted by Gasteiger charge is -2.10. The van der Waals surface area contributed by atoms with Crippen molar-refractivity contribution in [1.82, 2.24) is 9.97 Å². The van der Waals surface area contributed by atoms with E-state index >= 15 is 0 Å². The summed E-state index contributed by atoms with van der Waals surface area (Å²) in [4.78, 5) is 20.6. The maximum Gasteiger partial charge on any atom is 0.416 e. The van der Waals surface area contributed by atoms with Crippen molar-refractivity contribution in [2.24, 2.45) is 0 Å². The van der Waals surface area contributed by atoms with Crippen molar-refractivity contribution >= 4 is 17.5 Å². The second kappa shape index (κ2) is 7.96. The second-order valence-corrected chi connectivity index (χ2v) is 5.53. The summed E-state index contributed by atoms with van der Waals surface area (Å²) in [5.41, 5.74) is 0.249. The number of benzene rings is 1. The van der Waals surface area contributed by atoms with E-state index in [4.69, 9.17) is 0 Å². The first-order valence-electron chi connectivity index (χ1n) is 7.87. The Morgan fingerprint density at radius 3 is 2.44 bits per heavy atom. The number of halogens is 3. The number of carbonyl (C=O) groups is 1. The number of aromatic nitrogens is 2. The highest BCUT2D eigenvalue weighted by molar-refractivity contribution is 6.03. The molecule has 8 heteroatoms. The predicted molar refractivity (Wildman–Crippen MR) is 89.6 cm³/mol. The molecule has 0 unspecified atom stereocenters. The van der Waals surface area contributed by atoms with Gasteiger partial charge in [0.2, 0.25) is 5.95 Å². The van der Waals surface area contributed by atoms with E-state index in [0.29, 0.717) is 18.2 Å². The summed E-state index contributed by atoms with van der Waals surface area (Å²) < 4.78 is 37.7. The first kappa shape index (κ1) is 18.7. The van der Waals surface area contributed by atoms with Crippen LogP contribution in [-0.4, -0.2) is 22.4 Å². The SMILES string of the molecule is CCCCNc1nc(C)cc(C(=O)Nc2ccc(C(F)(F)F)cc2)n1. The number of aryl methyl sites for hydroxylation is 1. The number of nitrogens with zero attached hydrogens (tertiary/aromatic N) is 2. The fourth-order valence-electron chi connectivity index (χ4n) is 2.08. The average Bonchev–Trinajstić information content (AvgIpc) is 2.54. The number of hydrogen-bond donors (Lipinski definition) is 2. The summed E-state index contributed by atoms with van der Waals surface area (Å²) in [6.07, 6.45) is -2.45. The van der Waals surface area contributed by atoms with Gasteiger partial charge in [0.1, 0.15) is 5.69 Å². The Morgan fingerprint density at radius 1 is 1.16 bits per heavy atom. The van der Waals surface area contributed by atoms with E-state index < -0.39 is 17.6 Å². The molecular weight excluding hydrogens is 333 g/mol. The summed E-state index contributed by atoms with van der Waals surface area (Å²) in [6.45, 7) is 4.49. The van der Waals surface area contributed by atoms with Crippen LogP contribution >= 0.6 is 0 Å². The van der Waals surface area contributed by atoms with Crippen LogP contribution in [-0.2, 0) is 6.18 Å². The van der Waals surface area contributed by atoms with E-state index in [0.717, 1.165) is 25.0 Å². The van der Waals surface area contributed by atoms with Gasteiger partial charge in [-0.05, 0) is 43.7 Å². The van der Waals surface area contributed by atoms with Gasteiger partial charge in [0.15, 0.2) is 0 Å². The monoisotopic (exact) mass is 352 g/mol. The summed E-state index contributed by atoms with van der Waals surface area (Å²) in [7, 11) is 0. The molecule has 134 valence electrons. The zero-order valence-corrected chi connectivity index (χ0v) is 13.9. The summed E-state index contributed by atoms with van der Waals surface area (Å²) in [6, 6.07) is 5.76. The molecule has 0 aliphatic rings. The van der Waals surface area contributed by atoms with Crippen LogP contribution in [0.25, 0.3) is 0 Å². The first-order chi connectivity index (χ1) is 11.8. The topological polar surface area (TPSA) is 66.9 Å². The molecule has 0 saturated carbocycles. The van der Waals surface area contributed by atoms with Gasteiger partial charge in [-0.15, -0.1) is 0 Å². The van der Waals surface area contributed by atoms with Crippen LogP contribution in [0, 0.1) is 6.92 Å². The van der Waals surface area contributed by atoms with Crippen molar-refractivity contribution in [1.29, 1.82) is 0 Å². The Morgan fingerprint density at radius 2 is 1.84 bits per heavy atom. The van der Waals surface area contributed by atoms with Crippen LogP contribution < -0.4 is 10.6 Å². The third kappa shape index (κ3) is 5.44. The quantitative estimate of drug-likeness (QED) is 0.762. The summed E-state index contributed by atoms with van der Waals surface area (Å²) in [5.74, 6) is -0.158. The fourth-order valence-corrected chi connectivity index (χ4v) is 2.08. The number of hydrogen-bond acceptors (Lipinski definition) is 4. The van der Waals surface area contributed by atoms with Crippen LogP contribution in [0.5, 0.6) is 0 Å². The third-order valence-corrected chi connectivity index (χ3v) is 3.37. The molecule has 0 saturated heterocycles. The van der Waals surface area contributed by atoms with Crippen LogP contribution in [0.3, 0.4) is 0 Å². The Labute approximate surface area is 143 Å². The molecule has 1 aromatic heterocycles. The van der Waals surface area contributed by atoms with Gasteiger partial charge in [0, 0.05) is 17.9 Å². The van der Waals surface area contributed by atoms with Gasteiger partial charge >= 0.3 is 6.18 Å². The second-order valence-electron chi connectivity index (χ2n) is 5.53. The van der Waals surface area contributed by atoms with Crippen LogP contribution in [0.4, 0.5) is 24.8 Å². The Balaban J connectivity index is 2.09. The van der Waals surface area contributed by atoms with Crippen molar-refractivity contribution < 1.29 is 18.0 Å². The summed E-state index contributed by atoms with van der Waals surface area (Å²) >= 11 is 0. The minimum absolute atomic E-state index is 0.145. The minimum atomic E-state index is -4.41. The van der Waals surface area contributed by atoms with Crippen molar-refractivity contribution in [2.45, 2.75) is 32.9 Å². The van der Waals surface area contributed by atoms with Crippen LogP contribution in [0.15, 0.2) is 30.3 Å². The van der Waals surface area contributed by atoms with E-state index in [1.165, 1.54) is 18.2 Å².